The van der Waals surface area contributed by atoms with Crippen LogP contribution < -0.4 is 5.32 Å². The van der Waals surface area contributed by atoms with Gasteiger partial charge in [-0.3, -0.25) is 0 Å². The number of para-hydroxylation sites is 1. The normalized spacial score (nSPS) is 18.9. The van der Waals surface area contributed by atoms with Gasteiger partial charge >= 0.3 is 6.03 Å². The molecule has 1 saturated heterocycles. The summed E-state index contributed by atoms with van der Waals surface area (Å²) in [6, 6.07) is 6.42. The zero-order chi connectivity index (χ0) is 16.3. The molecule has 2 rings (SSSR count). The second-order valence-electron chi connectivity index (χ2n) is 7.24. The Kier molecular flexibility index (Phi) is 5.49. The number of likely N-dealkylation sites (tertiary alicyclic amines) is 1. The van der Waals surface area contributed by atoms with Crippen molar-refractivity contribution in [2.24, 2.45) is 5.92 Å². The van der Waals surface area contributed by atoms with Gasteiger partial charge in [0, 0.05) is 18.8 Å². The second-order valence-corrected chi connectivity index (χ2v) is 7.24. The van der Waals surface area contributed by atoms with Crippen molar-refractivity contribution in [2.75, 3.05) is 18.4 Å². The molecule has 1 aliphatic rings. The van der Waals surface area contributed by atoms with Crippen molar-refractivity contribution >= 4 is 11.7 Å². The first kappa shape index (κ1) is 16.9. The highest BCUT2D eigenvalue weighted by atomic mass is 16.2. The van der Waals surface area contributed by atoms with Crippen LogP contribution in [0.1, 0.15) is 70.4 Å². The molecule has 1 aromatic carbocycles. The van der Waals surface area contributed by atoms with E-state index in [1.165, 1.54) is 17.5 Å². The number of urea groups is 1. The van der Waals surface area contributed by atoms with Crippen LogP contribution in [-0.4, -0.2) is 24.0 Å². The molecule has 2 amide bonds. The van der Waals surface area contributed by atoms with Gasteiger partial charge < -0.3 is 10.2 Å². The number of rotatable bonds is 3. The predicted molar refractivity (Wildman–Crippen MR) is 93.6 cm³/mol. The third kappa shape index (κ3) is 3.82. The molecular formula is C19H30N2O. The maximum absolute atomic E-state index is 12.7. The maximum Gasteiger partial charge on any atom is 0.321 e. The fourth-order valence-corrected chi connectivity index (χ4v) is 3.26. The monoisotopic (exact) mass is 302 g/mol. The number of carbonyl (C=O) groups excluding carboxylic acids is 1. The summed E-state index contributed by atoms with van der Waals surface area (Å²) in [6.07, 6.45) is 2.33. The number of carbonyl (C=O) groups is 1. The summed E-state index contributed by atoms with van der Waals surface area (Å²) in [5.74, 6) is 1.40. The smallest absolute Gasteiger partial charge is 0.321 e. The van der Waals surface area contributed by atoms with E-state index >= 15 is 0 Å². The highest BCUT2D eigenvalue weighted by molar-refractivity contribution is 5.91. The van der Waals surface area contributed by atoms with E-state index < -0.39 is 0 Å². The van der Waals surface area contributed by atoms with Gasteiger partial charge in [-0.1, -0.05) is 52.8 Å². The molecule has 0 spiro atoms. The molecule has 22 heavy (non-hydrogen) atoms. The molecule has 0 aromatic heterocycles. The van der Waals surface area contributed by atoms with Crippen molar-refractivity contribution in [3.8, 4) is 0 Å². The molecule has 1 heterocycles. The minimum atomic E-state index is 0.0570. The predicted octanol–water partition coefficient (Wildman–Crippen LogP) is 5.20. The molecule has 1 fully saturated rings. The van der Waals surface area contributed by atoms with Crippen molar-refractivity contribution in [2.45, 2.75) is 59.3 Å². The molecule has 1 atom stereocenters. The van der Waals surface area contributed by atoms with Gasteiger partial charge in [0.05, 0.1) is 0 Å². The van der Waals surface area contributed by atoms with Crippen LogP contribution in [0, 0.1) is 5.92 Å². The summed E-state index contributed by atoms with van der Waals surface area (Å²) >= 11 is 0. The van der Waals surface area contributed by atoms with Gasteiger partial charge in [0.2, 0.25) is 0 Å². The molecule has 0 aliphatic carbocycles. The number of benzene rings is 1. The summed E-state index contributed by atoms with van der Waals surface area (Å²) in [4.78, 5) is 14.6. The Morgan fingerprint density at radius 1 is 1.18 bits per heavy atom. The maximum atomic E-state index is 12.7. The third-order valence-electron chi connectivity index (χ3n) is 4.55. The number of hydrogen-bond donors (Lipinski definition) is 1. The minimum Gasteiger partial charge on any atom is -0.324 e. The summed E-state index contributed by atoms with van der Waals surface area (Å²) < 4.78 is 0. The Morgan fingerprint density at radius 3 is 2.27 bits per heavy atom. The van der Waals surface area contributed by atoms with Crippen LogP contribution in [0.25, 0.3) is 0 Å². The van der Waals surface area contributed by atoms with Gasteiger partial charge in [-0.2, -0.15) is 0 Å². The van der Waals surface area contributed by atoms with E-state index in [-0.39, 0.29) is 6.03 Å². The first-order chi connectivity index (χ1) is 10.4. The zero-order valence-corrected chi connectivity index (χ0v) is 14.6. The lowest BCUT2D eigenvalue weighted by Crippen LogP contribution is -2.42. The van der Waals surface area contributed by atoms with E-state index in [1.807, 2.05) is 4.90 Å². The van der Waals surface area contributed by atoms with Crippen LogP contribution in [0.3, 0.4) is 0 Å². The van der Waals surface area contributed by atoms with Gasteiger partial charge in [-0.05, 0) is 41.7 Å². The highest BCUT2D eigenvalue weighted by Gasteiger charge is 2.23. The van der Waals surface area contributed by atoms with E-state index in [0.717, 1.165) is 25.2 Å². The van der Waals surface area contributed by atoms with Crippen LogP contribution >= 0.6 is 0 Å². The lowest BCUT2D eigenvalue weighted by molar-refractivity contribution is 0.182. The average molecular weight is 302 g/mol. The van der Waals surface area contributed by atoms with E-state index in [0.29, 0.717) is 17.8 Å². The molecule has 0 bridgehead atoms. The topological polar surface area (TPSA) is 32.3 Å². The molecule has 1 N–H and O–H groups in total. The van der Waals surface area contributed by atoms with Crippen molar-refractivity contribution in [3.63, 3.8) is 0 Å². The van der Waals surface area contributed by atoms with Crippen LogP contribution in [-0.2, 0) is 0 Å². The van der Waals surface area contributed by atoms with Crippen LogP contribution in [0.5, 0.6) is 0 Å². The fraction of sp³-hybridized carbons (Fsp3) is 0.632. The van der Waals surface area contributed by atoms with Crippen molar-refractivity contribution in [3.05, 3.63) is 29.3 Å². The standard InChI is InChI=1S/C19H30N2O/c1-13(2)16-9-6-10-17(14(3)4)18(16)20-19(22)21-11-7-8-15(5)12-21/h6,9-10,13-15H,7-8,11-12H2,1-5H3,(H,20,22). The number of piperidine rings is 1. The SMILES string of the molecule is CC1CCCN(C(=O)Nc2c(C(C)C)cccc2C(C)C)C1. The summed E-state index contributed by atoms with van der Waals surface area (Å²) in [6.45, 7) is 12.7. The molecule has 1 unspecified atom stereocenters. The zero-order valence-electron chi connectivity index (χ0n) is 14.6. The Labute approximate surface area is 135 Å². The van der Waals surface area contributed by atoms with Gasteiger partial charge in [-0.15, -0.1) is 0 Å². The number of anilines is 1. The Balaban J connectivity index is 2.25. The second kappa shape index (κ2) is 7.17. The molecule has 1 aliphatic heterocycles. The van der Waals surface area contributed by atoms with Crippen LogP contribution in [0.4, 0.5) is 10.5 Å². The molecule has 3 nitrogen and oxygen atoms in total. The van der Waals surface area contributed by atoms with Gasteiger partial charge in [0.1, 0.15) is 0 Å². The van der Waals surface area contributed by atoms with Gasteiger partial charge in [-0.25, -0.2) is 4.79 Å². The number of hydrogen-bond acceptors (Lipinski definition) is 1. The van der Waals surface area contributed by atoms with Crippen molar-refractivity contribution in [1.82, 2.24) is 4.90 Å². The quantitative estimate of drug-likeness (QED) is 0.818. The average Bonchev–Trinajstić information content (AvgIpc) is 2.46. The molecular weight excluding hydrogens is 272 g/mol. The number of nitrogens with one attached hydrogen (secondary N) is 1. The molecule has 1 aromatic rings. The van der Waals surface area contributed by atoms with Crippen LogP contribution in [0.2, 0.25) is 0 Å². The molecule has 122 valence electrons. The fourth-order valence-electron chi connectivity index (χ4n) is 3.26. The third-order valence-corrected chi connectivity index (χ3v) is 4.55. The summed E-state index contributed by atoms with van der Waals surface area (Å²) in [5, 5.41) is 3.22. The molecule has 3 heteroatoms. The summed E-state index contributed by atoms with van der Waals surface area (Å²) in [5.41, 5.74) is 3.48. The minimum absolute atomic E-state index is 0.0570. The van der Waals surface area contributed by atoms with E-state index in [1.54, 1.807) is 0 Å². The lowest BCUT2D eigenvalue weighted by atomic mass is 9.92. The largest absolute Gasteiger partial charge is 0.324 e. The van der Waals surface area contributed by atoms with Crippen molar-refractivity contribution in [1.29, 1.82) is 0 Å². The number of nitrogens with zero attached hydrogens (tertiary/aromatic N) is 1. The van der Waals surface area contributed by atoms with E-state index in [4.69, 9.17) is 0 Å². The van der Waals surface area contributed by atoms with Crippen LogP contribution in [0.15, 0.2) is 18.2 Å². The summed E-state index contributed by atoms with van der Waals surface area (Å²) in [7, 11) is 0. The van der Waals surface area contributed by atoms with E-state index in [2.05, 4.69) is 58.1 Å². The number of amides is 2. The first-order valence-electron chi connectivity index (χ1n) is 8.58. The lowest BCUT2D eigenvalue weighted by Gasteiger charge is -2.32. The first-order valence-corrected chi connectivity index (χ1v) is 8.58. The Morgan fingerprint density at radius 2 is 1.77 bits per heavy atom. The Bertz CT molecular complexity index is 496. The van der Waals surface area contributed by atoms with E-state index in [9.17, 15) is 4.79 Å². The highest BCUT2D eigenvalue weighted by Crippen LogP contribution is 2.32. The molecule has 0 saturated carbocycles. The van der Waals surface area contributed by atoms with Crippen molar-refractivity contribution < 1.29 is 4.79 Å². The molecule has 0 radical (unpaired) electrons. The van der Waals surface area contributed by atoms with Gasteiger partial charge in [0.15, 0.2) is 0 Å². The Hall–Kier alpha value is -1.51. The van der Waals surface area contributed by atoms with Gasteiger partial charge in [0.25, 0.3) is 0 Å².